The zero-order valence-corrected chi connectivity index (χ0v) is 45.7. The molecule has 70 heavy (non-hydrogen) atoms. The van der Waals surface area contributed by atoms with Gasteiger partial charge in [0.05, 0.1) is 34.4 Å². The van der Waals surface area contributed by atoms with E-state index in [0.717, 1.165) is 96.3 Å². The molecule has 9 nitrogen and oxygen atoms in total. The molecule has 2 unspecified atom stereocenters. The minimum Gasteiger partial charge on any atom is -0.477 e. The molecule has 0 aliphatic carbocycles. The third-order valence-electron chi connectivity index (χ3n) is 11.9. The van der Waals surface area contributed by atoms with Crippen LogP contribution in [0.3, 0.4) is 0 Å². The molecule has 0 bridgehead atoms. The van der Waals surface area contributed by atoms with Gasteiger partial charge in [-0.15, -0.1) is 0 Å². The molecule has 0 radical (unpaired) electrons. The van der Waals surface area contributed by atoms with Crippen LogP contribution in [0.2, 0.25) is 0 Å². The van der Waals surface area contributed by atoms with Crippen LogP contribution in [-0.2, 0) is 33.3 Å². The molecule has 0 spiro atoms. The van der Waals surface area contributed by atoms with E-state index in [9.17, 15) is 19.5 Å². The lowest BCUT2D eigenvalue weighted by atomic mass is 10.0. The average Bonchev–Trinajstić information content (AvgIpc) is 3.33. The van der Waals surface area contributed by atoms with Crippen LogP contribution >= 0.6 is 0 Å². The second kappa shape index (κ2) is 51.8. The highest BCUT2D eigenvalue weighted by Crippen LogP contribution is 2.15. The Kier molecular flexibility index (Phi) is 49.2. The van der Waals surface area contributed by atoms with Crippen LogP contribution in [0, 0.1) is 0 Å². The van der Waals surface area contributed by atoms with Gasteiger partial charge >= 0.3 is 17.9 Å². The number of unbranched alkanes of at least 4 members (excludes halogenated alkanes) is 22. The summed E-state index contributed by atoms with van der Waals surface area (Å²) in [5.74, 6) is -2.02. The van der Waals surface area contributed by atoms with Crippen molar-refractivity contribution in [2.45, 2.75) is 238 Å². The van der Waals surface area contributed by atoms with E-state index >= 15 is 0 Å². The van der Waals surface area contributed by atoms with Gasteiger partial charge in [0.1, 0.15) is 13.2 Å². The minimum absolute atomic E-state index is 0.183. The van der Waals surface area contributed by atoms with Crippen molar-refractivity contribution in [3.8, 4) is 0 Å². The van der Waals surface area contributed by atoms with Crippen molar-refractivity contribution >= 4 is 17.9 Å². The molecule has 9 heteroatoms. The Hall–Kier alpha value is -3.53. The molecule has 1 N–H and O–H groups in total. The number of carboxylic acid groups (broad SMARTS) is 1. The topological polar surface area (TPSA) is 108 Å². The van der Waals surface area contributed by atoms with E-state index in [-0.39, 0.29) is 38.6 Å². The summed E-state index contributed by atoms with van der Waals surface area (Å²) in [6.45, 7) is 4.74. The summed E-state index contributed by atoms with van der Waals surface area (Å²) in [6.07, 6.45) is 65.1. The van der Waals surface area contributed by atoms with Crippen molar-refractivity contribution in [2.75, 3.05) is 47.5 Å². The van der Waals surface area contributed by atoms with Crippen LogP contribution in [0.1, 0.15) is 226 Å². The van der Waals surface area contributed by atoms with E-state index in [2.05, 4.69) is 98.9 Å². The summed E-state index contributed by atoms with van der Waals surface area (Å²) in [7, 11) is 5.96. The maximum Gasteiger partial charge on any atom is 0.361 e. The molecule has 0 aromatic rings. The SMILES string of the molecule is CC/C=C\C/C=C\C/C=C\C/C=C\C/C=C\C/C=C\CCCCCCCCCCCCCCC(=O)OC(COC(=O)CCCCCCC/C=C\CCCCCCC)COC(OCC[N+](C)(C)C)C(=O)O. The second-order valence-electron chi connectivity index (χ2n) is 19.9. The molecule has 0 aromatic carbocycles. The highest BCUT2D eigenvalue weighted by molar-refractivity contribution is 5.71. The third-order valence-corrected chi connectivity index (χ3v) is 11.9. The number of esters is 2. The van der Waals surface area contributed by atoms with E-state index in [1.807, 2.05) is 21.1 Å². The first kappa shape index (κ1) is 66.5. The Morgan fingerprint density at radius 1 is 0.443 bits per heavy atom. The predicted molar refractivity (Wildman–Crippen MR) is 295 cm³/mol. The lowest BCUT2D eigenvalue weighted by Gasteiger charge is -2.25. The van der Waals surface area contributed by atoms with Gasteiger partial charge < -0.3 is 28.5 Å². The van der Waals surface area contributed by atoms with Gasteiger partial charge in [-0.05, 0) is 89.9 Å². The molecule has 2 atom stereocenters. The van der Waals surface area contributed by atoms with Crippen LogP contribution in [0.4, 0.5) is 0 Å². The van der Waals surface area contributed by atoms with Crippen molar-refractivity contribution in [2.24, 2.45) is 0 Å². The molecule has 0 saturated heterocycles. The van der Waals surface area contributed by atoms with Gasteiger partial charge in [-0.2, -0.15) is 0 Å². The summed E-state index contributed by atoms with van der Waals surface area (Å²) in [5, 5.41) is 9.68. The molecule has 0 aliphatic rings. The number of quaternary nitrogens is 1. The largest absolute Gasteiger partial charge is 0.477 e. The normalized spacial score (nSPS) is 13.4. The number of allylic oxidation sites excluding steroid dienone is 14. The van der Waals surface area contributed by atoms with Crippen molar-refractivity contribution < 1.29 is 42.9 Å². The number of nitrogens with zero attached hydrogens (tertiary/aromatic N) is 1. The number of carbonyl (C=O) groups excluding carboxylic acids is 2. The first-order chi connectivity index (χ1) is 34.1. The molecular formula is C61H106NO8+. The fourth-order valence-electron chi connectivity index (χ4n) is 7.54. The molecule has 0 aromatic heterocycles. The van der Waals surface area contributed by atoms with Crippen LogP contribution in [-0.4, -0.2) is 87.4 Å². The fourth-order valence-corrected chi connectivity index (χ4v) is 7.54. The molecule has 0 fully saturated rings. The van der Waals surface area contributed by atoms with E-state index in [1.165, 1.54) is 96.3 Å². The number of carboxylic acids is 1. The molecule has 0 saturated carbocycles. The fraction of sp³-hybridized carbons (Fsp3) is 0.721. The van der Waals surface area contributed by atoms with Gasteiger partial charge in [0, 0.05) is 12.8 Å². The predicted octanol–water partition coefficient (Wildman–Crippen LogP) is 16.4. The van der Waals surface area contributed by atoms with Gasteiger partial charge in [0.25, 0.3) is 6.29 Å². The molecule has 0 amide bonds. The Balaban J connectivity index is 4.20. The van der Waals surface area contributed by atoms with Gasteiger partial charge in [0.2, 0.25) is 0 Å². The number of likely N-dealkylation sites (N-methyl/N-ethyl adjacent to an activating group) is 1. The Bertz CT molecular complexity index is 1420. The summed E-state index contributed by atoms with van der Waals surface area (Å²) >= 11 is 0. The number of rotatable bonds is 51. The highest BCUT2D eigenvalue weighted by Gasteiger charge is 2.25. The monoisotopic (exact) mass is 981 g/mol. The van der Waals surface area contributed by atoms with Gasteiger partial charge in [-0.1, -0.05) is 208 Å². The standard InChI is InChI=1S/C61H105NO8/c1-6-8-10-12-14-16-18-20-22-23-24-25-26-27-28-29-30-31-32-33-34-35-36-37-38-40-42-44-46-48-50-52-59(64)70-57(56-69-61(60(65)66)67-54-53-62(3,4)5)55-68-58(63)51-49-47-45-43-41-39-21-19-17-15-13-11-9-7-2/h8,10,14,16,19-22,24-25,27-28,30-31,57,61H,6-7,9,11-13,15,17-18,23,26,29,32-56H2,1-5H3/p+1/b10-8-,16-14-,21-19-,22-20-,25-24-,28-27-,31-30-. The van der Waals surface area contributed by atoms with Crippen molar-refractivity contribution in [1.29, 1.82) is 0 Å². The average molecular weight is 982 g/mol. The molecule has 402 valence electrons. The molecule has 0 aliphatic heterocycles. The third kappa shape index (κ3) is 52.3. The Morgan fingerprint density at radius 2 is 0.814 bits per heavy atom. The number of hydrogen-bond donors (Lipinski definition) is 1. The number of aliphatic carboxylic acids is 1. The van der Waals surface area contributed by atoms with E-state index in [1.54, 1.807) is 0 Å². The lowest BCUT2D eigenvalue weighted by Crippen LogP contribution is -2.40. The van der Waals surface area contributed by atoms with E-state index < -0.39 is 24.3 Å². The van der Waals surface area contributed by atoms with Crippen molar-refractivity contribution in [1.82, 2.24) is 0 Å². The molecular weight excluding hydrogens is 875 g/mol. The lowest BCUT2D eigenvalue weighted by molar-refractivity contribution is -0.870. The number of hydrogen-bond acceptors (Lipinski definition) is 7. The smallest absolute Gasteiger partial charge is 0.361 e. The summed E-state index contributed by atoms with van der Waals surface area (Å²) < 4.78 is 22.8. The van der Waals surface area contributed by atoms with E-state index in [0.29, 0.717) is 17.4 Å². The first-order valence-corrected chi connectivity index (χ1v) is 28.3. The van der Waals surface area contributed by atoms with Crippen LogP contribution in [0.15, 0.2) is 85.1 Å². The Labute approximate surface area is 430 Å². The maximum absolute atomic E-state index is 12.9. The summed E-state index contributed by atoms with van der Waals surface area (Å²) in [6, 6.07) is 0. The molecule has 0 heterocycles. The zero-order valence-electron chi connectivity index (χ0n) is 45.7. The van der Waals surface area contributed by atoms with Gasteiger partial charge in [0.15, 0.2) is 6.10 Å². The highest BCUT2D eigenvalue weighted by atomic mass is 16.7. The Morgan fingerprint density at radius 3 is 1.23 bits per heavy atom. The van der Waals surface area contributed by atoms with Gasteiger partial charge in [-0.3, -0.25) is 9.59 Å². The maximum atomic E-state index is 12.9. The summed E-state index contributed by atoms with van der Waals surface area (Å²) in [4.78, 5) is 37.3. The zero-order chi connectivity index (χ0) is 51.3. The summed E-state index contributed by atoms with van der Waals surface area (Å²) in [5.41, 5.74) is 0. The van der Waals surface area contributed by atoms with Crippen LogP contribution in [0.5, 0.6) is 0 Å². The number of carbonyl (C=O) groups is 3. The second-order valence-corrected chi connectivity index (χ2v) is 19.9. The quantitative estimate of drug-likeness (QED) is 0.0211. The van der Waals surface area contributed by atoms with Crippen molar-refractivity contribution in [3.63, 3.8) is 0 Å². The van der Waals surface area contributed by atoms with Crippen LogP contribution in [0.25, 0.3) is 0 Å². The van der Waals surface area contributed by atoms with Crippen LogP contribution < -0.4 is 0 Å². The van der Waals surface area contributed by atoms with E-state index in [4.69, 9.17) is 18.9 Å². The minimum atomic E-state index is -1.51. The van der Waals surface area contributed by atoms with Gasteiger partial charge in [-0.25, -0.2) is 4.79 Å². The molecule has 0 rings (SSSR count). The number of ether oxygens (including phenoxy) is 4. The van der Waals surface area contributed by atoms with Crippen molar-refractivity contribution in [3.05, 3.63) is 85.1 Å². The first-order valence-electron chi connectivity index (χ1n) is 28.3.